The quantitative estimate of drug-likeness (QED) is 0.579. The van der Waals surface area contributed by atoms with Gasteiger partial charge < -0.3 is 15.4 Å². The molecule has 0 bridgehead atoms. The van der Waals surface area contributed by atoms with Gasteiger partial charge in [0.25, 0.3) is 0 Å². The summed E-state index contributed by atoms with van der Waals surface area (Å²) in [7, 11) is 1.59. The number of carbonyl (C=O) groups excluding carboxylic acids is 1. The molecule has 1 heterocycles. The number of benzene rings is 2. The largest absolute Gasteiger partial charge is 0.497 e. The molecule has 7 heteroatoms. The molecule has 0 atom stereocenters. The molecule has 6 nitrogen and oxygen atoms in total. The normalized spacial score (nSPS) is 10.3. The van der Waals surface area contributed by atoms with E-state index in [4.69, 9.17) is 4.74 Å². The van der Waals surface area contributed by atoms with Crippen molar-refractivity contribution in [2.24, 2.45) is 0 Å². The molecule has 0 spiro atoms. The second-order valence-electron chi connectivity index (χ2n) is 5.66. The van der Waals surface area contributed by atoms with Crippen molar-refractivity contribution in [2.75, 3.05) is 23.5 Å². The smallest absolute Gasteiger partial charge is 0.234 e. The minimum atomic E-state index is -0.110. The molecule has 0 radical (unpaired) electrons. The fourth-order valence-corrected chi connectivity index (χ4v) is 2.93. The molecule has 3 rings (SSSR count). The van der Waals surface area contributed by atoms with Crippen molar-refractivity contribution in [3.05, 3.63) is 72.3 Å². The molecule has 1 amide bonds. The van der Waals surface area contributed by atoms with Crippen molar-refractivity contribution in [3.8, 4) is 5.75 Å². The summed E-state index contributed by atoms with van der Waals surface area (Å²) in [4.78, 5) is 12.1. The van der Waals surface area contributed by atoms with E-state index in [1.165, 1.54) is 17.3 Å². The highest BCUT2D eigenvalue weighted by Gasteiger charge is 2.06. The third-order valence-electron chi connectivity index (χ3n) is 3.66. The molecule has 138 valence electrons. The van der Waals surface area contributed by atoms with E-state index in [0.29, 0.717) is 28.8 Å². The Morgan fingerprint density at radius 3 is 2.63 bits per heavy atom. The van der Waals surface area contributed by atoms with E-state index in [-0.39, 0.29) is 11.7 Å². The van der Waals surface area contributed by atoms with Crippen molar-refractivity contribution >= 4 is 29.2 Å². The maximum absolute atomic E-state index is 12.1. The summed E-state index contributed by atoms with van der Waals surface area (Å²) in [6.07, 6.45) is 0. The highest BCUT2D eigenvalue weighted by Crippen LogP contribution is 2.19. The van der Waals surface area contributed by atoms with Crippen molar-refractivity contribution in [2.45, 2.75) is 11.6 Å². The Bertz CT molecular complexity index is 873. The molecule has 0 aliphatic carbocycles. The van der Waals surface area contributed by atoms with Gasteiger partial charge in [-0.2, -0.15) is 0 Å². The molecule has 3 aromatic rings. The Hall–Kier alpha value is -3.06. The van der Waals surface area contributed by atoms with Gasteiger partial charge in [-0.1, -0.05) is 48.2 Å². The third-order valence-corrected chi connectivity index (χ3v) is 4.58. The Kier molecular flexibility index (Phi) is 6.65. The Labute approximate surface area is 162 Å². The molecule has 2 aromatic carbocycles. The third kappa shape index (κ3) is 6.00. The lowest BCUT2D eigenvalue weighted by molar-refractivity contribution is -0.113. The van der Waals surface area contributed by atoms with Crippen LogP contribution < -0.4 is 15.4 Å². The molecule has 0 fully saturated rings. The van der Waals surface area contributed by atoms with Crippen molar-refractivity contribution < 1.29 is 9.53 Å². The number of anilines is 2. The van der Waals surface area contributed by atoms with Crippen LogP contribution in [0.5, 0.6) is 5.75 Å². The van der Waals surface area contributed by atoms with Crippen LogP contribution in [0, 0.1) is 0 Å². The Morgan fingerprint density at radius 1 is 1.04 bits per heavy atom. The summed E-state index contributed by atoms with van der Waals surface area (Å²) in [5.74, 6) is 1.54. The predicted octanol–water partition coefficient (Wildman–Crippen LogP) is 3.83. The van der Waals surface area contributed by atoms with Crippen LogP contribution in [0.2, 0.25) is 0 Å². The predicted molar refractivity (Wildman–Crippen MR) is 108 cm³/mol. The first-order chi connectivity index (χ1) is 13.2. The number of nitrogens with one attached hydrogen (secondary N) is 2. The lowest BCUT2D eigenvalue weighted by Crippen LogP contribution is -2.14. The van der Waals surface area contributed by atoms with E-state index >= 15 is 0 Å². The average Bonchev–Trinajstić information content (AvgIpc) is 2.72. The van der Waals surface area contributed by atoms with Gasteiger partial charge in [-0.15, -0.1) is 10.2 Å². The van der Waals surface area contributed by atoms with E-state index in [9.17, 15) is 4.79 Å². The number of nitrogens with zero attached hydrogens (tertiary/aromatic N) is 2. The fraction of sp³-hybridized carbons (Fsp3) is 0.150. The topological polar surface area (TPSA) is 76.1 Å². The van der Waals surface area contributed by atoms with Gasteiger partial charge in [0.1, 0.15) is 16.6 Å². The van der Waals surface area contributed by atoms with Gasteiger partial charge in [0.15, 0.2) is 0 Å². The van der Waals surface area contributed by atoms with Crippen LogP contribution in [0.1, 0.15) is 5.56 Å². The fourth-order valence-electron chi connectivity index (χ4n) is 2.32. The van der Waals surface area contributed by atoms with Crippen LogP contribution in [0.3, 0.4) is 0 Å². The number of methoxy groups -OCH3 is 1. The maximum Gasteiger partial charge on any atom is 0.234 e. The Morgan fingerprint density at radius 2 is 1.89 bits per heavy atom. The number of hydrogen-bond donors (Lipinski definition) is 2. The van der Waals surface area contributed by atoms with Crippen molar-refractivity contribution in [3.63, 3.8) is 0 Å². The van der Waals surface area contributed by atoms with Gasteiger partial charge >= 0.3 is 0 Å². The lowest BCUT2D eigenvalue weighted by atomic mass is 10.2. The van der Waals surface area contributed by atoms with E-state index in [0.717, 1.165) is 0 Å². The van der Waals surface area contributed by atoms with Gasteiger partial charge in [0, 0.05) is 18.3 Å². The number of ether oxygens (including phenoxy) is 1. The van der Waals surface area contributed by atoms with E-state index in [1.807, 2.05) is 60.7 Å². The number of amides is 1. The molecule has 2 N–H and O–H groups in total. The number of thioether (sulfide) groups is 1. The summed E-state index contributed by atoms with van der Waals surface area (Å²) in [5.41, 5.74) is 1.87. The molecular formula is C20H20N4O2S. The Balaban J connectivity index is 1.46. The molecular weight excluding hydrogens is 360 g/mol. The van der Waals surface area contributed by atoms with E-state index < -0.39 is 0 Å². The molecule has 0 aliphatic rings. The highest BCUT2D eigenvalue weighted by molar-refractivity contribution is 7.99. The molecule has 0 aliphatic heterocycles. The SMILES string of the molecule is COc1cccc(NC(=O)CSc2ccc(NCc3ccccc3)nn2)c1. The number of aromatic nitrogens is 2. The zero-order chi connectivity index (χ0) is 18.9. The zero-order valence-corrected chi connectivity index (χ0v) is 15.7. The van der Waals surface area contributed by atoms with Crippen molar-refractivity contribution in [1.82, 2.24) is 10.2 Å². The second kappa shape index (κ2) is 9.59. The van der Waals surface area contributed by atoms with Crippen molar-refractivity contribution in [1.29, 1.82) is 0 Å². The van der Waals surface area contributed by atoms with Gasteiger partial charge in [0.2, 0.25) is 5.91 Å². The van der Waals surface area contributed by atoms with Crippen LogP contribution >= 0.6 is 11.8 Å². The van der Waals surface area contributed by atoms with E-state index in [1.54, 1.807) is 13.2 Å². The van der Waals surface area contributed by atoms with Gasteiger partial charge in [-0.3, -0.25) is 4.79 Å². The van der Waals surface area contributed by atoms with Gasteiger partial charge in [-0.25, -0.2) is 0 Å². The number of carbonyl (C=O) groups is 1. The minimum Gasteiger partial charge on any atom is -0.497 e. The molecule has 1 aromatic heterocycles. The van der Waals surface area contributed by atoms with Gasteiger partial charge in [-0.05, 0) is 29.8 Å². The van der Waals surface area contributed by atoms with Crippen LogP contribution in [0.15, 0.2) is 71.8 Å². The monoisotopic (exact) mass is 380 g/mol. The first-order valence-corrected chi connectivity index (χ1v) is 9.40. The van der Waals surface area contributed by atoms with E-state index in [2.05, 4.69) is 20.8 Å². The number of rotatable bonds is 8. The summed E-state index contributed by atoms with van der Waals surface area (Å²) in [5, 5.41) is 15.1. The molecule has 0 saturated heterocycles. The molecule has 0 saturated carbocycles. The summed E-state index contributed by atoms with van der Waals surface area (Å²) in [6.45, 7) is 0.685. The highest BCUT2D eigenvalue weighted by atomic mass is 32.2. The van der Waals surface area contributed by atoms with Crippen LogP contribution in [-0.2, 0) is 11.3 Å². The first kappa shape index (κ1) is 18.7. The summed E-state index contributed by atoms with van der Waals surface area (Å²) >= 11 is 1.34. The second-order valence-corrected chi connectivity index (χ2v) is 6.66. The average molecular weight is 380 g/mol. The lowest BCUT2D eigenvalue weighted by Gasteiger charge is -2.07. The first-order valence-electron chi connectivity index (χ1n) is 8.41. The maximum atomic E-state index is 12.1. The number of hydrogen-bond acceptors (Lipinski definition) is 6. The zero-order valence-electron chi connectivity index (χ0n) is 14.9. The van der Waals surface area contributed by atoms with Crippen LogP contribution in [0.25, 0.3) is 0 Å². The molecule has 0 unspecified atom stereocenters. The minimum absolute atomic E-state index is 0.110. The molecule has 27 heavy (non-hydrogen) atoms. The standard InChI is InChI=1S/C20H20N4O2S/c1-26-17-9-5-8-16(12-17)22-19(25)14-27-20-11-10-18(23-24-20)21-13-15-6-3-2-4-7-15/h2-12H,13-14H2,1H3,(H,21,23)(H,22,25). The van der Waals surface area contributed by atoms with Crippen LogP contribution in [-0.4, -0.2) is 29.0 Å². The van der Waals surface area contributed by atoms with Gasteiger partial charge in [0.05, 0.1) is 12.9 Å². The van der Waals surface area contributed by atoms with Crippen LogP contribution in [0.4, 0.5) is 11.5 Å². The summed E-state index contributed by atoms with van der Waals surface area (Å²) < 4.78 is 5.14. The summed E-state index contributed by atoms with van der Waals surface area (Å²) in [6, 6.07) is 21.0.